The Morgan fingerprint density at radius 1 is 1.09 bits per heavy atom. The SMILES string of the molecule is CC(C)(CO)NCc1ccc(OCc2ccccc2Cl)cc1. The van der Waals surface area contributed by atoms with Gasteiger partial charge in [0.2, 0.25) is 0 Å². The van der Waals surface area contributed by atoms with Gasteiger partial charge in [-0.3, -0.25) is 0 Å². The van der Waals surface area contributed by atoms with E-state index in [9.17, 15) is 5.11 Å². The number of benzene rings is 2. The predicted octanol–water partition coefficient (Wildman–Crippen LogP) is 3.78. The molecule has 0 saturated heterocycles. The van der Waals surface area contributed by atoms with Gasteiger partial charge in [-0.15, -0.1) is 0 Å². The average molecular weight is 320 g/mol. The summed E-state index contributed by atoms with van der Waals surface area (Å²) in [7, 11) is 0. The van der Waals surface area contributed by atoms with E-state index in [0.717, 1.165) is 21.9 Å². The van der Waals surface area contributed by atoms with Crippen LogP contribution in [-0.2, 0) is 13.2 Å². The van der Waals surface area contributed by atoms with E-state index in [-0.39, 0.29) is 12.1 Å². The zero-order valence-electron chi connectivity index (χ0n) is 13.0. The number of aliphatic hydroxyl groups excluding tert-OH is 1. The van der Waals surface area contributed by atoms with Crippen LogP contribution in [0.25, 0.3) is 0 Å². The van der Waals surface area contributed by atoms with Gasteiger partial charge in [0, 0.05) is 22.7 Å². The first-order valence-electron chi connectivity index (χ1n) is 7.31. The van der Waals surface area contributed by atoms with Crippen molar-refractivity contribution in [3.63, 3.8) is 0 Å². The molecule has 118 valence electrons. The van der Waals surface area contributed by atoms with E-state index in [0.29, 0.717) is 13.2 Å². The van der Waals surface area contributed by atoms with Gasteiger partial charge in [-0.25, -0.2) is 0 Å². The van der Waals surface area contributed by atoms with Crippen LogP contribution < -0.4 is 10.1 Å². The second-order valence-corrected chi connectivity index (χ2v) is 6.33. The number of aliphatic hydroxyl groups is 1. The maximum Gasteiger partial charge on any atom is 0.119 e. The summed E-state index contributed by atoms with van der Waals surface area (Å²) in [5, 5.41) is 13.2. The number of hydrogen-bond acceptors (Lipinski definition) is 3. The van der Waals surface area contributed by atoms with Gasteiger partial charge in [0.15, 0.2) is 0 Å². The fraction of sp³-hybridized carbons (Fsp3) is 0.333. The summed E-state index contributed by atoms with van der Waals surface area (Å²) in [5.41, 5.74) is 1.84. The molecule has 0 aliphatic carbocycles. The zero-order chi connectivity index (χ0) is 16.0. The lowest BCUT2D eigenvalue weighted by atomic mass is 10.1. The Hall–Kier alpha value is -1.55. The van der Waals surface area contributed by atoms with E-state index in [1.807, 2.05) is 62.4 Å². The third-order valence-electron chi connectivity index (χ3n) is 3.44. The molecule has 0 fully saturated rings. The molecular formula is C18H22ClNO2. The van der Waals surface area contributed by atoms with Crippen LogP contribution in [-0.4, -0.2) is 17.3 Å². The quantitative estimate of drug-likeness (QED) is 0.816. The molecule has 0 atom stereocenters. The van der Waals surface area contributed by atoms with E-state index in [2.05, 4.69) is 5.32 Å². The predicted molar refractivity (Wildman–Crippen MR) is 90.2 cm³/mol. The highest BCUT2D eigenvalue weighted by atomic mass is 35.5. The summed E-state index contributed by atoms with van der Waals surface area (Å²) in [6.45, 7) is 5.20. The van der Waals surface area contributed by atoms with Crippen LogP contribution in [0, 0.1) is 0 Å². The molecule has 2 aromatic rings. The molecule has 0 aliphatic heterocycles. The molecule has 0 aliphatic rings. The number of halogens is 1. The highest BCUT2D eigenvalue weighted by Crippen LogP contribution is 2.19. The molecule has 0 unspecified atom stereocenters. The Labute approximate surface area is 136 Å². The van der Waals surface area contributed by atoms with Crippen molar-refractivity contribution >= 4 is 11.6 Å². The van der Waals surface area contributed by atoms with Gasteiger partial charge < -0.3 is 15.2 Å². The van der Waals surface area contributed by atoms with Crippen LogP contribution in [0.3, 0.4) is 0 Å². The van der Waals surface area contributed by atoms with E-state index in [1.54, 1.807) is 0 Å². The Balaban J connectivity index is 1.88. The molecule has 22 heavy (non-hydrogen) atoms. The van der Waals surface area contributed by atoms with Gasteiger partial charge in [0.05, 0.1) is 6.61 Å². The van der Waals surface area contributed by atoms with Crippen LogP contribution in [0.2, 0.25) is 5.02 Å². The normalized spacial score (nSPS) is 11.5. The lowest BCUT2D eigenvalue weighted by Crippen LogP contribution is -2.42. The summed E-state index contributed by atoms with van der Waals surface area (Å²) in [4.78, 5) is 0. The van der Waals surface area contributed by atoms with Crippen molar-refractivity contribution in [1.29, 1.82) is 0 Å². The Morgan fingerprint density at radius 3 is 2.41 bits per heavy atom. The Kier molecular flexibility index (Phi) is 5.83. The molecule has 0 radical (unpaired) electrons. The molecular weight excluding hydrogens is 298 g/mol. The van der Waals surface area contributed by atoms with Crippen LogP contribution in [0.5, 0.6) is 5.75 Å². The number of ether oxygens (including phenoxy) is 1. The fourth-order valence-corrected chi connectivity index (χ4v) is 2.07. The minimum atomic E-state index is -0.279. The van der Waals surface area contributed by atoms with Gasteiger partial charge in [0.25, 0.3) is 0 Å². The van der Waals surface area contributed by atoms with Crippen molar-refractivity contribution < 1.29 is 9.84 Å². The van der Waals surface area contributed by atoms with Crippen molar-refractivity contribution in [2.24, 2.45) is 0 Å². The molecule has 0 bridgehead atoms. The molecule has 0 heterocycles. The molecule has 0 saturated carbocycles. The van der Waals surface area contributed by atoms with Gasteiger partial charge in [-0.05, 0) is 37.6 Å². The first kappa shape index (κ1) is 16.8. The van der Waals surface area contributed by atoms with Crippen LogP contribution in [0.15, 0.2) is 48.5 Å². The lowest BCUT2D eigenvalue weighted by molar-refractivity contribution is 0.187. The molecule has 2 aromatic carbocycles. The second kappa shape index (κ2) is 7.63. The minimum Gasteiger partial charge on any atom is -0.489 e. The maximum atomic E-state index is 9.22. The van der Waals surface area contributed by atoms with Crippen molar-refractivity contribution in [3.8, 4) is 5.75 Å². The standard InChI is InChI=1S/C18H22ClNO2/c1-18(2,13-21)20-11-14-7-9-16(10-8-14)22-12-15-5-3-4-6-17(15)19/h3-10,20-21H,11-13H2,1-2H3. The monoisotopic (exact) mass is 319 g/mol. The third kappa shape index (κ3) is 5.02. The molecule has 0 spiro atoms. The first-order chi connectivity index (χ1) is 10.5. The van der Waals surface area contributed by atoms with Crippen LogP contribution in [0.4, 0.5) is 0 Å². The largest absolute Gasteiger partial charge is 0.489 e. The molecule has 2 rings (SSSR count). The summed E-state index contributed by atoms with van der Waals surface area (Å²) in [6.07, 6.45) is 0. The van der Waals surface area contributed by atoms with E-state index < -0.39 is 0 Å². The molecule has 0 amide bonds. The van der Waals surface area contributed by atoms with Crippen LogP contribution >= 0.6 is 11.6 Å². The summed E-state index contributed by atoms with van der Waals surface area (Å²) in [6, 6.07) is 15.6. The average Bonchev–Trinajstić information content (AvgIpc) is 2.53. The van der Waals surface area contributed by atoms with Gasteiger partial charge in [0.1, 0.15) is 12.4 Å². The number of rotatable bonds is 7. The summed E-state index contributed by atoms with van der Waals surface area (Å²) in [5.74, 6) is 0.810. The Morgan fingerprint density at radius 2 is 1.77 bits per heavy atom. The maximum absolute atomic E-state index is 9.22. The van der Waals surface area contributed by atoms with Gasteiger partial charge >= 0.3 is 0 Å². The molecule has 4 heteroatoms. The zero-order valence-corrected chi connectivity index (χ0v) is 13.7. The minimum absolute atomic E-state index is 0.103. The lowest BCUT2D eigenvalue weighted by Gasteiger charge is -2.23. The summed E-state index contributed by atoms with van der Waals surface area (Å²) < 4.78 is 5.75. The van der Waals surface area contributed by atoms with Crippen molar-refractivity contribution in [1.82, 2.24) is 5.32 Å². The number of nitrogens with one attached hydrogen (secondary N) is 1. The van der Waals surface area contributed by atoms with Crippen molar-refractivity contribution in [2.75, 3.05) is 6.61 Å². The van der Waals surface area contributed by atoms with E-state index in [4.69, 9.17) is 16.3 Å². The smallest absolute Gasteiger partial charge is 0.119 e. The van der Waals surface area contributed by atoms with E-state index in [1.165, 1.54) is 0 Å². The van der Waals surface area contributed by atoms with Gasteiger partial charge in [-0.2, -0.15) is 0 Å². The number of hydrogen-bond donors (Lipinski definition) is 2. The van der Waals surface area contributed by atoms with Crippen molar-refractivity contribution in [2.45, 2.75) is 32.5 Å². The Bertz CT molecular complexity index is 596. The first-order valence-corrected chi connectivity index (χ1v) is 7.69. The van der Waals surface area contributed by atoms with Gasteiger partial charge in [-0.1, -0.05) is 41.9 Å². The van der Waals surface area contributed by atoms with E-state index >= 15 is 0 Å². The van der Waals surface area contributed by atoms with Crippen molar-refractivity contribution in [3.05, 3.63) is 64.7 Å². The molecule has 0 aromatic heterocycles. The topological polar surface area (TPSA) is 41.5 Å². The second-order valence-electron chi connectivity index (χ2n) is 5.92. The molecule has 3 nitrogen and oxygen atoms in total. The highest BCUT2D eigenvalue weighted by Gasteiger charge is 2.14. The third-order valence-corrected chi connectivity index (χ3v) is 3.81. The van der Waals surface area contributed by atoms with Crippen LogP contribution in [0.1, 0.15) is 25.0 Å². The summed E-state index contributed by atoms with van der Waals surface area (Å²) >= 11 is 6.10. The molecule has 2 N–H and O–H groups in total. The fourth-order valence-electron chi connectivity index (χ4n) is 1.88. The highest BCUT2D eigenvalue weighted by molar-refractivity contribution is 6.31.